The summed E-state index contributed by atoms with van der Waals surface area (Å²) in [5.74, 6) is 1.59. The summed E-state index contributed by atoms with van der Waals surface area (Å²) in [4.78, 5) is 0. The van der Waals surface area contributed by atoms with E-state index in [1.54, 1.807) is 21.3 Å². The Labute approximate surface area is 108 Å². The maximum Gasteiger partial charge on any atom is 0.123 e. The molecule has 0 fully saturated rings. The number of nitrogens with one attached hydrogen (secondary N) is 1. The van der Waals surface area contributed by atoms with Crippen molar-refractivity contribution in [2.45, 2.75) is 6.04 Å². The van der Waals surface area contributed by atoms with Gasteiger partial charge in [-0.15, -0.1) is 0 Å². The van der Waals surface area contributed by atoms with Crippen LogP contribution in [0.2, 0.25) is 0 Å². The molecule has 0 aliphatic rings. The zero-order valence-corrected chi connectivity index (χ0v) is 11.2. The normalized spacial score (nSPS) is 12.2. The molecule has 0 aromatic heterocycles. The van der Waals surface area contributed by atoms with Crippen molar-refractivity contribution in [3.63, 3.8) is 0 Å². The fourth-order valence-electron chi connectivity index (χ4n) is 1.77. The molecular formula is C13H22N2O3. The molecule has 1 rings (SSSR count). The van der Waals surface area contributed by atoms with Crippen LogP contribution in [-0.4, -0.2) is 41.0 Å². The second-order valence-corrected chi connectivity index (χ2v) is 3.84. The van der Waals surface area contributed by atoms with E-state index in [0.717, 1.165) is 23.6 Å². The third-order valence-electron chi connectivity index (χ3n) is 2.74. The van der Waals surface area contributed by atoms with Crippen molar-refractivity contribution in [3.05, 3.63) is 23.8 Å². The number of hydrogen-bond acceptors (Lipinski definition) is 5. The summed E-state index contributed by atoms with van der Waals surface area (Å²) in [5, 5.41) is 3.33. The fourth-order valence-corrected chi connectivity index (χ4v) is 1.77. The molecule has 0 aliphatic heterocycles. The summed E-state index contributed by atoms with van der Waals surface area (Å²) in [6.45, 7) is 1.86. The molecule has 0 bridgehead atoms. The Balaban J connectivity index is 2.87. The topological polar surface area (TPSA) is 65.7 Å². The van der Waals surface area contributed by atoms with E-state index in [1.165, 1.54) is 0 Å². The molecule has 0 saturated carbocycles. The molecule has 0 radical (unpaired) electrons. The highest BCUT2D eigenvalue weighted by atomic mass is 16.5. The molecule has 102 valence electrons. The minimum absolute atomic E-state index is 0.0187. The molecule has 1 aromatic rings. The first-order valence-corrected chi connectivity index (χ1v) is 5.91. The van der Waals surface area contributed by atoms with Gasteiger partial charge in [0.1, 0.15) is 11.5 Å². The lowest BCUT2D eigenvalue weighted by Crippen LogP contribution is -2.31. The second-order valence-electron chi connectivity index (χ2n) is 3.84. The van der Waals surface area contributed by atoms with Gasteiger partial charge in [-0.1, -0.05) is 0 Å². The lowest BCUT2D eigenvalue weighted by molar-refractivity contribution is 0.195. The standard InChI is InChI=1S/C13H22N2O3/c1-16-7-6-15-12(9-14)11-8-10(17-2)4-5-13(11)18-3/h4-5,8,12,15H,6-7,9,14H2,1-3H3. The zero-order chi connectivity index (χ0) is 13.4. The van der Waals surface area contributed by atoms with Crippen molar-refractivity contribution in [1.82, 2.24) is 5.32 Å². The van der Waals surface area contributed by atoms with E-state index in [-0.39, 0.29) is 6.04 Å². The second kappa shape index (κ2) is 7.92. The Morgan fingerprint density at radius 2 is 2.00 bits per heavy atom. The largest absolute Gasteiger partial charge is 0.497 e. The van der Waals surface area contributed by atoms with Gasteiger partial charge in [0.25, 0.3) is 0 Å². The third-order valence-corrected chi connectivity index (χ3v) is 2.74. The molecule has 0 heterocycles. The van der Waals surface area contributed by atoms with E-state index >= 15 is 0 Å². The summed E-state index contributed by atoms with van der Waals surface area (Å²) in [6, 6.07) is 5.71. The van der Waals surface area contributed by atoms with Crippen LogP contribution in [-0.2, 0) is 4.74 Å². The summed E-state index contributed by atoms with van der Waals surface area (Å²) in [6.07, 6.45) is 0. The number of hydrogen-bond donors (Lipinski definition) is 2. The number of benzene rings is 1. The molecule has 0 amide bonds. The number of rotatable bonds is 8. The zero-order valence-electron chi connectivity index (χ0n) is 11.2. The molecule has 1 aromatic carbocycles. The van der Waals surface area contributed by atoms with E-state index in [2.05, 4.69) is 5.32 Å². The van der Waals surface area contributed by atoms with Gasteiger partial charge in [0.2, 0.25) is 0 Å². The number of methoxy groups -OCH3 is 3. The summed E-state index contributed by atoms with van der Waals surface area (Å²) < 4.78 is 15.6. The van der Waals surface area contributed by atoms with E-state index < -0.39 is 0 Å². The van der Waals surface area contributed by atoms with E-state index in [9.17, 15) is 0 Å². The SMILES string of the molecule is COCCNC(CN)c1cc(OC)ccc1OC. The Hall–Kier alpha value is -1.30. The van der Waals surface area contributed by atoms with Crippen LogP contribution in [0.15, 0.2) is 18.2 Å². The predicted molar refractivity (Wildman–Crippen MR) is 71.2 cm³/mol. The third kappa shape index (κ3) is 3.87. The maximum absolute atomic E-state index is 5.80. The van der Waals surface area contributed by atoms with Crippen molar-refractivity contribution < 1.29 is 14.2 Å². The number of nitrogens with two attached hydrogens (primary N) is 1. The predicted octanol–water partition coefficient (Wildman–Crippen LogP) is 0.940. The molecule has 18 heavy (non-hydrogen) atoms. The Bertz CT molecular complexity index is 358. The van der Waals surface area contributed by atoms with Gasteiger partial charge < -0.3 is 25.3 Å². The van der Waals surface area contributed by atoms with Gasteiger partial charge in [-0.3, -0.25) is 0 Å². The minimum atomic E-state index is 0.0187. The van der Waals surface area contributed by atoms with E-state index in [0.29, 0.717) is 13.2 Å². The van der Waals surface area contributed by atoms with Crippen LogP contribution >= 0.6 is 0 Å². The average Bonchev–Trinajstić information content (AvgIpc) is 2.43. The lowest BCUT2D eigenvalue weighted by atomic mass is 10.1. The first-order valence-electron chi connectivity index (χ1n) is 5.91. The monoisotopic (exact) mass is 254 g/mol. The van der Waals surface area contributed by atoms with Crippen molar-refractivity contribution >= 4 is 0 Å². The number of ether oxygens (including phenoxy) is 3. The van der Waals surface area contributed by atoms with Crippen molar-refractivity contribution in [1.29, 1.82) is 0 Å². The van der Waals surface area contributed by atoms with Crippen LogP contribution in [0.4, 0.5) is 0 Å². The van der Waals surface area contributed by atoms with E-state index in [4.69, 9.17) is 19.9 Å². The van der Waals surface area contributed by atoms with Crippen LogP contribution in [0, 0.1) is 0 Å². The molecule has 0 saturated heterocycles. The van der Waals surface area contributed by atoms with Crippen molar-refractivity contribution in [2.75, 3.05) is 41.0 Å². The Kier molecular flexibility index (Phi) is 6.49. The maximum atomic E-state index is 5.80. The van der Waals surface area contributed by atoms with Gasteiger partial charge in [0.05, 0.1) is 20.8 Å². The van der Waals surface area contributed by atoms with Crippen LogP contribution in [0.3, 0.4) is 0 Å². The van der Waals surface area contributed by atoms with Crippen LogP contribution < -0.4 is 20.5 Å². The minimum Gasteiger partial charge on any atom is -0.497 e. The van der Waals surface area contributed by atoms with E-state index in [1.807, 2.05) is 18.2 Å². The van der Waals surface area contributed by atoms with Gasteiger partial charge in [0, 0.05) is 31.8 Å². The Morgan fingerprint density at radius 3 is 2.56 bits per heavy atom. The molecular weight excluding hydrogens is 232 g/mol. The summed E-state index contributed by atoms with van der Waals surface area (Å²) in [7, 11) is 4.96. The smallest absolute Gasteiger partial charge is 0.123 e. The molecule has 1 unspecified atom stereocenters. The van der Waals surface area contributed by atoms with Crippen molar-refractivity contribution in [2.24, 2.45) is 5.73 Å². The van der Waals surface area contributed by atoms with Gasteiger partial charge in [-0.05, 0) is 18.2 Å². The first-order chi connectivity index (χ1) is 8.76. The Morgan fingerprint density at radius 1 is 1.22 bits per heavy atom. The van der Waals surface area contributed by atoms with Crippen LogP contribution in [0.25, 0.3) is 0 Å². The molecule has 0 spiro atoms. The van der Waals surface area contributed by atoms with Crippen LogP contribution in [0.1, 0.15) is 11.6 Å². The summed E-state index contributed by atoms with van der Waals surface area (Å²) >= 11 is 0. The molecule has 3 N–H and O–H groups in total. The highest BCUT2D eigenvalue weighted by molar-refractivity contribution is 5.42. The van der Waals surface area contributed by atoms with Gasteiger partial charge in [0.15, 0.2) is 0 Å². The average molecular weight is 254 g/mol. The molecule has 0 aliphatic carbocycles. The quantitative estimate of drug-likeness (QED) is 0.676. The van der Waals surface area contributed by atoms with Crippen molar-refractivity contribution in [3.8, 4) is 11.5 Å². The van der Waals surface area contributed by atoms with Crippen LogP contribution in [0.5, 0.6) is 11.5 Å². The fraction of sp³-hybridized carbons (Fsp3) is 0.538. The first kappa shape index (κ1) is 14.8. The highest BCUT2D eigenvalue weighted by Crippen LogP contribution is 2.28. The lowest BCUT2D eigenvalue weighted by Gasteiger charge is -2.20. The molecule has 5 heteroatoms. The molecule has 5 nitrogen and oxygen atoms in total. The molecule has 1 atom stereocenters. The van der Waals surface area contributed by atoms with Gasteiger partial charge >= 0.3 is 0 Å². The summed E-state index contributed by atoms with van der Waals surface area (Å²) in [5.41, 5.74) is 6.80. The van der Waals surface area contributed by atoms with Gasteiger partial charge in [-0.25, -0.2) is 0 Å². The van der Waals surface area contributed by atoms with Gasteiger partial charge in [-0.2, -0.15) is 0 Å². The highest BCUT2D eigenvalue weighted by Gasteiger charge is 2.15.